The second kappa shape index (κ2) is 6.23. The second-order valence-electron chi connectivity index (χ2n) is 4.82. The standard InChI is InChI=1S/C15H16N2O4S/c1-9-13(14(16-2)22-17-9)15(18)20-8-10-7-19-11-5-3-4-6-12(11)21-10/h3-6,10,16H,7-8H2,1-2H3. The van der Waals surface area contributed by atoms with Gasteiger partial charge in [-0.1, -0.05) is 12.1 Å². The van der Waals surface area contributed by atoms with Crippen LogP contribution in [0, 0.1) is 6.92 Å². The molecule has 2 heterocycles. The SMILES string of the molecule is CNc1snc(C)c1C(=O)OCC1COc2ccccc2O1. The van der Waals surface area contributed by atoms with E-state index < -0.39 is 5.97 Å². The van der Waals surface area contributed by atoms with Gasteiger partial charge >= 0.3 is 5.97 Å². The fraction of sp³-hybridized carbons (Fsp3) is 0.333. The molecular weight excluding hydrogens is 304 g/mol. The average Bonchev–Trinajstić information content (AvgIpc) is 2.93. The van der Waals surface area contributed by atoms with Crippen molar-refractivity contribution in [2.45, 2.75) is 13.0 Å². The van der Waals surface area contributed by atoms with Gasteiger partial charge in [0.25, 0.3) is 0 Å². The summed E-state index contributed by atoms with van der Waals surface area (Å²) in [5.74, 6) is 0.970. The fourth-order valence-corrected chi connectivity index (χ4v) is 2.90. The first-order valence-corrected chi connectivity index (χ1v) is 7.66. The van der Waals surface area contributed by atoms with Crippen LogP contribution in [-0.2, 0) is 4.74 Å². The maximum Gasteiger partial charge on any atom is 0.343 e. The van der Waals surface area contributed by atoms with Gasteiger partial charge in [-0.3, -0.25) is 0 Å². The van der Waals surface area contributed by atoms with E-state index in [0.717, 1.165) is 0 Å². The fourth-order valence-electron chi connectivity index (χ4n) is 2.17. The Balaban J connectivity index is 1.62. The Bertz CT molecular complexity index is 686. The molecule has 0 saturated heterocycles. The van der Waals surface area contributed by atoms with Crippen LogP contribution >= 0.6 is 11.5 Å². The lowest BCUT2D eigenvalue weighted by Gasteiger charge is -2.26. The zero-order valence-electron chi connectivity index (χ0n) is 12.3. The molecule has 0 fully saturated rings. The zero-order valence-corrected chi connectivity index (χ0v) is 13.1. The van der Waals surface area contributed by atoms with Gasteiger partial charge in [0.05, 0.1) is 5.69 Å². The molecule has 0 bridgehead atoms. The van der Waals surface area contributed by atoms with Gasteiger partial charge in [0, 0.05) is 7.05 Å². The van der Waals surface area contributed by atoms with E-state index in [1.165, 1.54) is 11.5 Å². The van der Waals surface area contributed by atoms with Crippen molar-refractivity contribution in [3.63, 3.8) is 0 Å². The number of aryl methyl sites for hydroxylation is 1. The predicted octanol–water partition coefficient (Wildman–Crippen LogP) is 2.49. The highest BCUT2D eigenvalue weighted by atomic mass is 32.1. The minimum Gasteiger partial charge on any atom is -0.486 e. The van der Waals surface area contributed by atoms with Crippen LogP contribution < -0.4 is 14.8 Å². The number of nitrogens with one attached hydrogen (secondary N) is 1. The summed E-state index contributed by atoms with van der Waals surface area (Å²) >= 11 is 1.24. The number of carbonyl (C=O) groups excluding carboxylic acids is 1. The van der Waals surface area contributed by atoms with E-state index in [0.29, 0.717) is 34.4 Å². The van der Waals surface area contributed by atoms with Gasteiger partial charge in [-0.15, -0.1) is 0 Å². The normalized spacial score (nSPS) is 16.2. The van der Waals surface area contributed by atoms with Crippen LogP contribution in [0.2, 0.25) is 0 Å². The minimum atomic E-state index is -0.405. The molecule has 0 saturated carbocycles. The van der Waals surface area contributed by atoms with Crippen LogP contribution in [0.25, 0.3) is 0 Å². The van der Waals surface area contributed by atoms with Crippen LogP contribution in [0.3, 0.4) is 0 Å². The molecule has 3 rings (SSSR count). The Morgan fingerprint density at radius 1 is 1.45 bits per heavy atom. The van der Waals surface area contributed by atoms with Crippen LogP contribution in [-0.4, -0.2) is 36.7 Å². The second-order valence-corrected chi connectivity index (χ2v) is 5.59. The van der Waals surface area contributed by atoms with Crippen molar-refractivity contribution in [3.05, 3.63) is 35.5 Å². The number of aromatic nitrogens is 1. The van der Waals surface area contributed by atoms with E-state index in [1.54, 1.807) is 14.0 Å². The predicted molar refractivity (Wildman–Crippen MR) is 83.0 cm³/mol. The zero-order chi connectivity index (χ0) is 15.5. The number of hydrogen-bond acceptors (Lipinski definition) is 7. The molecule has 0 aliphatic carbocycles. The third kappa shape index (κ3) is 2.85. The molecule has 7 heteroatoms. The first-order chi connectivity index (χ1) is 10.7. The van der Waals surface area contributed by atoms with Gasteiger partial charge in [0.15, 0.2) is 17.6 Å². The Hall–Kier alpha value is -2.28. The molecule has 1 N–H and O–H groups in total. The van der Waals surface area contributed by atoms with Gasteiger partial charge in [-0.2, -0.15) is 4.37 Å². The summed E-state index contributed by atoms with van der Waals surface area (Å²) in [5, 5.41) is 3.65. The molecule has 0 spiro atoms. The van der Waals surface area contributed by atoms with Crippen LogP contribution in [0.1, 0.15) is 16.1 Å². The molecule has 116 valence electrons. The summed E-state index contributed by atoms with van der Waals surface area (Å²) in [4.78, 5) is 12.2. The lowest BCUT2D eigenvalue weighted by Crippen LogP contribution is -2.34. The molecule has 0 amide bonds. The van der Waals surface area contributed by atoms with Gasteiger partial charge in [0.2, 0.25) is 0 Å². The molecule has 0 radical (unpaired) electrons. The number of ether oxygens (including phenoxy) is 3. The quantitative estimate of drug-likeness (QED) is 0.873. The van der Waals surface area contributed by atoms with Crippen molar-refractivity contribution in [2.75, 3.05) is 25.6 Å². The lowest BCUT2D eigenvalue weighted by molar-refractivity contribution is 0.0110. The Kier molecular flexibility index (Phi) is 4.15. The van der Waals surface area contributed by atoms with Crippen molar-refractivity contribution in [2.24, 2.45) is 0 Å². The molecule has 1 aliphatic rings. The van der Waals surface area contributed by atoms with Crippen molar-refractivity contribution in [1.29, 1.82) is 0 Å². The molecule has 1 aliphatic heterocycles. The number of rotatable bonds is 4. The van der Waals surface area contributed by atoms with Crippen LogP contribution in [0.5, 0.6) is 11.5 Å². The van der Waals surface area contributed by atoms with Crippen LogP contribution in [0.15, 0.2) is 24.3 Å². The number of para-hydroxylation sites is 2. The first kappa shape index (κ1) is 14.6. The van der Waals surface area contributed by atoms with Gasteiger partial charge in [0.1, 0.15) is 23.8 Å². The maximum absolute atomic E-state index is 12.2. The molecule has 6 nitrogen and oxygen atoms in total. The Morgan fingerprint density at radius 3 is 3.00 bits per heavy atom. The van der Waals surface area contributed by atoms with Crippen molar-refractivity contribution >= 4 is 22.5 Å². The molecule has 1 atom stereocenters. The molecule has 22 heavy (non-hydrogen) atoms. The number of carbonyl (C=O) groups is 1. The number of fused-ring (bicyclic) bond motifs is 1. The van der Waals surface area contributed by atoms with Gasteiger partial charge < -0.3 is 19.5 Å². The number of anilines is 1. The average molecular weight is 320 g/mol. The van der Waals surface area contributed by atoms with E-state index in [2.05, 4.69) is 9.69 Å². The van der Waals surface area contributed by atoms with Crippen molar-refractivity contribution < 1.29 is 19.0 Å². The summed E-state index contributed by atoms with van der Waals surface area (Å²) in [5.41, 5.74) is 1.13. The summed E-state index contributed by atoms with van der Waals surface area (Å²) in [6.45, 7) is 2.26. The van der Waals surface area contributed by atoms with E-state index in [1.807, 2.05) is 24.3 Å². The summed E-state index contributed by atoms with van der Waals surface area (Å²) in [6, 6.07) is 7.43. The molecule has 1 unspecified atom stereocenters. The highest BCUT2D eigenvalue weighted by molar-refractivity contribution is 7.10. The largest absolute Gasteiger partial charge is 0.486 e. The van der Waals surface area contributed by atoms with Gasteiger partial charge in [-0.25, -0.2) is 4.79 Å². The van der Waals surface area contributed by atoms with E-state index in [4.69, 9.17) is 14.2 Å². The number of nitrogens with zero attached hydrogens (tertiary/aromatic N) is 1. The summed E-state index contributed by atoms with van der Waals surface area (Å²) in [6.07, 6.45) is -0.316. The monoisotopic (exact) mass is 320 g/mol. The van der Waals surface area contributed by atoms with E-state index in [-0.39, 0.29) is 12.7 Å². The molecule has 1 aromatic carbocycles. The molecular formula is C15H16N2O4S. The number of esters is 1. The summed E-state index contributed by atoms with van der Waals surface area (Å²) in [7, 11) is 1.75. The highest BCUT2D eigenvalue weighted by Gasteiger charge is 2.24. The van der Waals surface area contributed by atoms with Gasteiger partial charge in [-0.05, 0) is 30.6 Å². The first-order valence-electron chi connectivity index (χ1n) is 6.88. The third-order valence-electron chi connectivity index (χ3n) is 3.26. The Labute approximate surface area is 132 Å². The van der Waals surface area contributed by atoms with Crippen molar-refractivity contribution in [3.8, 4) is 11.5 Å². The number of hydrogen-bond donors (Lipinski definition) is 1. The number of benzene rings is 1. The molecule has 2 aromatic rings. The van der Waals surface area contributed by atoms with Crippen LogP contribution in [0.4, 0.5) is 5.00 Å². The van der Waals surface area contributed by atoms with E-state index in [9.17, 15) is 4.79 Å². The summed E-state index contributed by atoms with van der Waals surface area (Å²) < 4.78 is 20.8. The lowest BCUT2D eigenvalue weighted by atomic mass is 10.2. The maximum atomic E-state index is 12.2. The third-order valence-corrected chi connectivity index (χ3v) is 4.22. The molecule has 1 aromatic heterocycles. The van der Waals surface area contributed by atoms with Crippen molar-refractivity contribution in [1.82, 2.24) is 4.37 Å². The van der Waals surface area contributed by atoms with E-state index >= 15 is 0 Å². The Morgan fingerprint density at radius 2 is 2.23 bits per heavy atom. The highest BCUT2D eigenvalue weighted by Crippen LogP contribution is 2.31. The smallest absolute Gasteiger partial charge is 0.343 e. The topological polar surface area (TPSA) is 69.7 Å². The minimum absolute atomic E-state index is 0.131.